The van der Waals surface area contributed by atoms with Gasteiger partial charge in [0.25, 0.3) is 0 Å². The Labute approximate surface area is 110 Å². The van der Waals surface area contributed by atoms with E-state index >= 15 is 0 Å². The molecule has 1 N–H and O–H groups in total. The van der Waals surface area contributed by atoms with Crippen LogP contribution in [0.5, 0.6) is 0 Å². The van der Waals surface area contributed by atoms with Gasteiger partial charge in [0.1, 0.15) is 0 Å². The Bertz CT molecular complexity index is 371. The summed E-state index contributed by atoms with van der Waals surface area (Å²) in [6.45, 7) is 9.51. The van der Waals surface area contributed by atoms with E-state index in [0.29, 0.717) is 6.04 Å². The van der Waals surface area contributed by atoms with Crippen molar-refractivity contribution >= 4 is 5.95 Å². The van der Waals surface area contributed by atoms with Gasteiger partial charge in [-0.3, -0.25) is 0 Å². The molecule has 1 aromatic rings. The highest BCUT2D eigenvalue weighted by Crippen LogP contribution is 2.22. The number of aromatic nitrogens is 2. The Kier molecular flexibility index (Phi) is 4.53. The quantitative estimate of drug-likeness (QED) is 0.810. The van der Waals surface area contributed by atoms with Crippen molar-refractivity contribution in [2.24, 2.45) is 0 Å². The van der Waals surface area contributed by atoms with E-state index in [-0.39, 0.29) is 0 Å². The van der Waals surface area contributed by atoms with Crippen LogP contribution in [0.1, 0.15) is 37.6 Å². The molecular weight excluding hydrogens is 224 g/mol. The minimum Gasteiger partial charge on any atom is -0.337 e. The average molecular weight is 248 g/mol. The summed E-state index contributed by atoms with van der Waals surface area (Å²) < 4.78 is 0. The first-order chi connectivity index (χ1) is 8.70. The molecule has 0 amide bonds. The zero-order valence-corrected chi connectivity index (χ0v) is 11.7. The van der Waals surface area contributed by atoms with Gasteiger partial charge in [-0.25, -0.2) is 9.97 Å². The standard InChI is InChI=1S/C14H24N4/c1-4-7-15-10-13-6-5-8-18(13)14-16-11(2)9-12(3)17-14/h9,13,15H,4-8,10H2,1-3H3. The number of hydrogen-bond donors (Lipinski definition) is 1. The Hall–Kier alpha value is -1.16. The highest BCUT2D eigenvalue weighted by Gasteiger charge is 2.26. The molecule has 0 aliphatic carbocycles. The number of rotatable bonds is 5. The Morgan fingerprint density at radius 3 is 2.72 bits per heavy atom. The van der Waals surface area contributed by atoms with Crippen LogP contribution in [0.15, 0.2) is 6.07 Å². The maximum Gasteiger partial charge on any atom is 0.226 e. The van der Waals surface area contributed by atoms with Crippen molar-refractivity contribution in [3.05, 3.63) is 17.5 Å². The fraction of sp³-hybridized carbons (Fsp3) is 0.714. The van der Waals surface area contributed by atoms with E-state index in [1.54, 1.807) is 0 Å². The Balaban J connectivity index is 2.05. The maximum absolute atomic E-state index is 4.58. The summed E-state index contributed by atoms with van der Waals surface area (Å²) in [5, 5.41) is 3.51. The second-order valence-corrected chi connectivity index (χ2v) is 5.14. The van der Waals surface area contributed by atoms with Gasteiger partial charge < -0.3 is 10.2 Å². The van der Waals surface area contributed by atoms with Gasteiger partial charge in [-0.2, -0.15) is 0 Å². The number of nitrogens with zero attached hydrogens (tertiary/aromatic N) is 3. The monoisotopic (exact) mass is 248 g/mol. The van der Waals surface area contributed by atoms with Gasteiger partial charge in [-0.1, -0.05) is 6.92 Å². The fourth-order valence-corrected chi connectivity index (χ4v) is 2.59. The Morgan fingerprint density at radius 1 is 1.33 bits per heavy atom. The summed E-state index contributed by atoms with van der Waals surface area (Å²) in [6, 6.07) is 2.59. The molecule has 0 bridgehead atoms. The van der Waals surface area contributed by atoms with Crippen LogP contribution in [-0.2, 0) is 0 Å². The molecule has 1 saturated heterocycles. The molecule has 0 aromatic carbocycles. The van der Waals surface area contributed by atoms with Crippen LogP contribution in [0, 0.1) is 13.8 Å². The van der Waals surface area contributed by atoms with E-state index in [1.165, 1.54) is 19.3 Å². The second kappa shape index (κ2) is 6.14. The summed E-state index contributed by atoms with van der Waals surface area (Å²) in [4.78, 5) is 11.5. The Morgan fingerprint density at radius 2 is 2.06 bits per heavy atom. The first kappa shape index (κ1) is 13.3. The molecule has 4 heteroatoms. The minimum atomic E-state index is 0.553. The van der Waals surface area contributed by atoms with Gasteiger partial charge in [0.15, 0.2) is 0 Å². The molecule has 1 unspecified atom stereocenters. The second-order valence-electron chi connectivity index (χ2n) is 5.14. The summed E-state index contributed by atoms with van der Waals surface area (Å²) >= 11 is 0. The summed E-state index contributed by atoms with van der Waals surface area (Å²) in [6.07, 6.45) is 3.68. The normalized spacial score (nSPS) is 19.5. The molecule has 1 atom stereocenters. The van der Waals surface area contributed by atoms with E-state index in [1.807, 2.05) is 19.9 Å². The van der Waals surface area contributed by atoms with Crippen LogP contribution in [0.3, 0.4) is 0 Å². The minimum absolute atomic E-state index is 0.553. The van der Waals surface area contributed by atoms with Crippen molar-refractivity contribution in [2.45, 2.75) is 46.1 Å². The molecule has 18 heavy (non-hydrogen) atoms. The lowest BCUT2D eigenvalue weighted by Crippen LogP contribution is -2.39. The van der Waals surface area contributed by atoms with Gasteiger partial charge in [-0.05, 0) is 45.7 Å². The van der Waals surface area contributed by atoms with Gasteiger partial charge in [0, 0.05) is 30.5 Å². The van der Waals surface area contributed by atoms with Crippen LogP contribution in [0.25, 0.3) is 0 Å². The number of nitrogens with one attached hydrogen (secondary N) is 1. The van der Waals surface area contributed by atoms with E-state index < -0.39 is 0 Å². The summed E-state index contributed by atoms with van der Waals surface area (Å²) in [5.41, 5.74) is 2.12. The molecule has 4 nitrogen and oxygen atoms in total. The number of aryl methyl sites for hydroxylation is 2. The highest BCUT2D eigenvalue weighted by molar-refractivity contribution is 5.35. The van der Waals surface area contributed by atoms with Crippen molar-refractivity contribution in [1.82, 2.24) is 15.3 Å². The number of anilines is 1. The van der Waals surface area contributed by atoms with Crippen molar-refractivity contribution in [3.63, 3.8) is 0 Å². The van der Waals surface area contributed by atoms with Crippen molar-refractivity contribution in [3.8, 4) is 0 Å². The zero-order chi connectivity index (χ0) is 13.0. The lowest BCUT2D eigenvalue weighted by molar-refractivity contribution is 0.565. The largest absolute Gasteiger partial charge is 0.337 e. The van der Waals surface area contributed by atoms with Gasteiger partial charge in [0.05, 0.1) is 0 Å². The third kappa shape index (κ3) is 3.19. The SMILES string of the molecule is CCCNCC1CCCN1c1nc(C)cc(C)n1. The molecule has 1 aromatic heterocycles. The first-order valence-electron chi connectivity index (χ1n) is 7.00. The van der Waals surface area contributed by atoms with E-state index in [2.05, 4.69) is 27.1 Å². The van der Waals surface area contributed by atoms with Gasteiger partial charge in [-0.15, -0.1) is 0 Å². The molecule has 0 radical (unpaired) electrons. The highest BCUT2D eigenvalue weighted by atomic mass is 15.3. The fourth-order valence-electron chi connectivity index (χ4n) is 2.59. The first-order valence-corrected chi connectivity index (χ1v) is 7.00. The summed E-state index contributed by atoms with van der Waals surface area (Å²) in [7, 11) is 0. The molecule has 100 valence electrons. The third-order valence-electron chi connectivity index (χ3n) is 3.41. The van der Waals surface area contributed by atoms with Crippen LogP contribution in [-0.4, -0.2) is 35.6 Å². The van der Waals surface area contributed by atoms with Gasteiger partial charge >= 0.3 is 0 Å². The molecule has 1 aliphatic heterocycles. The molecular formula is C14H24N4. The molecule has 0 saturated carbocycles. The summed E-state index contributed by atoms with van der Waals surface area (Å²) in [5.74, 6) is 0.910. The van der Waals surface area contributed by atoms with Crippen LogP contribution in [0.2, 0.25) is 0 Å². The third-order valence-corrected chi connectivity index (χ3v) is 3.41. The van der Waals surface area contributed by atoms with E-state index in [4.69, 9.17) is 0 Å². The van der Waals surface area contributed by atoms with Crippen LogP contribution < -0.4 is 10.2 Å². The zero-order valence-electron chi connectivity index (χ0n) is 11.7. The molecule has 1 aliphatic rings. The predicted octanol–water partition coefficient (Wildman–Crippen LogP) is 2.06. The molecule has 2 heterocycles. The molecule has 2 rings (SSSR count). The van der Waals surface area contributed by atoms with Crippen molar-refractivity contribution in [2.75, 3.05) is 24.5 Å². The molecule has 1 fully saturated rings. The van der Waals surface area contributed by atoms with Gasteiger partial charge in [0.2, 0.25) is 5.95 Å². The maximum atomic E-state index is 4.58. The predicted molar refractivity (Wildman–Crippen MR) is 75.0 cm³/mol. The average Bonchev–Trinajstić information content (AvgIpc) is 2.76. The number of hydrogen-bond acceptors (Lipinski definition) is 4. The molecule has 0 spiro atoms. The lowest BCUT2D eigenvalue weighted by atomic mass is 10.2. The smallest absolute Gasteiger partial charge is 0.226 e. The van der Waals surface area contributed by atoms with E-state index in [0.717, 1.165) is 37.0 Å². The van der Waals surface area contributed by atoms with Crippen molar-refractivity contribution < 1.29 is 0 Å². The van der Waals surface area contributed by atoms with Crippen LogP contribution >= 0.6 is 0 Å². The topological polar surface area (TPSA) is 41.0 Å². The lowest BCUT2D eigenvalue weighted by Gasteiger charge is -2.25. The van der Waals surface area contributed by atoms with Crippen LogP contribution in [0.4, 0.5) is 5.95 Å². The van der Waals surface area contributed by atoms with E-state index in [9.17, 15) is 0 Å². The van der Waals surface area contributed by atoms with Crippen molar-refractivity contribution in [1.29, 1.82) is 0 Å².